The molecule has 2 rings (SSSR count). The summed E-state index contributed by atoms with van der Waals surface area (Å²) < 4.78 is 0. The summed E-state index contributed by atoms with van der Waals surface area (Å²) in [4.78, 5) is 16.2. The van der Waals surface area contributed by atoms with Gasteiger partial charge >= 0.3 is 0 Å². The van der Waals surface area contributed by atoms with Crippen LogP contribution in [-0.2, 0) is 0 Å². The van der Waals surface area contributed by atoms with Crippen molar-refractivity contribution in [2.24, 2.45) is 5.73 Å². The molecule has 0 bridgehead atoms. The third kappa shape index (κ3) is 2.67. The molecule has 1 aromatic heterocycles. The zero-order valence-electron chi connectivity index (χ0n) is 11.4. The SMILES string of the molecule is C=C(C)c1cccc2[nH]c(C(=O)N(C)C(=N)N)cc12.Cl. The molecule has 0 unspecified atom stereocenters. The number of nitrogens with two attached hydrogens (primary N) is 1. The number of carbonyl (C=O) groups is 1. The number of hydrogen-bond donors (Lipinski definition) is 3. The minimum Gasteiger partial charge on any atom is -0.370 e. The molecule has 20 heavy (non-hydrogen) atoms. The number of guanidine groups is 1. The number of carbonyl (C=O) groups excluding carboxylic acids is 1. The molecule has 0 atom stereocenters. The van der Waals surface area contributed by atoms with Gasteiger partial charge < -0.3 is 10.7 Å². The smallest absolute Gasteiger partial charge is 0.276 e. The molecule has 6 heteroatoms. The molecule has 0 aliphatic rings. The number of nitrogens with zero attached hydrogens (tertiary/aromatic N) is 1. The third-order valence-corrected chi connectivity index (χ3v) is 3.02. The number of fused-ring (bicyclic) bond motifs is 1. The molecule has 5 nitrogen and oxygen atoms in total. The minimum atomic E-state index is -0.337. The molecule has 106 valence electrons. The fourth-order valence-electron chi connectivity index (χ4n) is 1.93. The Bertz CT molecular complexity index is 690. The molecular weight excluding hydrogens is 276 g/mol. The Morgan fingerprint density at radius 2 is 2.10 bits per heavy atom. The summed E-state index contributed by atoms with van der Waals surface area (Å²) in [5.41, 5.74) is 8.51. The van der Waals surface area contributed by atoms with E-state index in [1.54, 1.807) is 6.07 Å². The number of nitrogens with one attached hydrogen (secondary N) is 2. The lowest BCUT2D eigenvalue weighted by atomic mass is 10.0. The van der Waals surface area contributed by atoms with E-state index in [-0.39, 0.29) is 24.3 Å². The van der Waals surface area contributed by atoms with Crippen molar-refractivity contribution in [2.45, 2.75) is 6.92 Å². The molecule has 2 aromatic rings. The van der Waals surface area contributed by atoms with Gasteiger partial charge in [-0.25, -0.2) is 0 Å². The molecule has 1 heterocycles. The van der Waals surface area contributed by atoms with Gasteiger partial charge in [0.2, 0.25) is 0 Å². The van der Waals surface area contributed by atoms with Crippen molar-refractivity contribution in [1.29, 1.82) is 5.41 Å². The largest absolute Gasteiger partial charge is 0.370 e. The molecule has 0 saturated heterocycles. The number of allylic oxidation sites excluding steroid dienone is 1. The summed E-state index contributed by atoms with van der Waals surface area (Å²) >= 11 is 0. The first-order valence-electron chi connectivity index (χ1n) is 5.81. The van der Waals surface area contributed by atoms with Crippen LogP contribution in [0, 0.1) is 5.41 Å². The molecule has 0 radical (unpaired) electrons. The molecule has 1 aromatic carbocycles. The van der Waals surface area contributed by atoms with Crippen molar-refractivity contribution in [2.75, 3.05) is 7.05 Å². The number of halogens is 1. The zero-order valence-corrected chi connectivity index (χ0v) is 12.2. The van der Waals surface area contributed by atoms with E-state index in [0.717, 1.165) is 26.9 Å². The Morgan fingerprint density at radius 1 is 1.45 bits per heavy atom. The lowest BCUT2D eigenvalue weighted by Crippen LogP contribution is -2.38. The van der Waals surface area contributed by atoms with E-state index in [1.807, 2.05) is 25.1 Å². The molecule has 4 N–H and O–H groups in total. The van der Waals surface area contributed by atoms with Gasteiger partial charge in [0.25, 0.3) is 5.91 Å². The molecule has 0 saturated carbocycles. The Morgan fingerprint density at radius 3 is 2.65 bits per heavy atom. The van der Waals surface area contributed by atoms with Gasteiger partial charge in [-0.05, 0) is 24.6 Å². The number of hydrogen-bond acceptors (Lipinski definition) is 2. The highest BCUT2D eigenvalue weighted by Gasteiger charge is 2.17. The van der Waals surface area contributed by atoms with Crippen molar-refractivity contribution in [3.05, 3.63) is 42.1 Å². The van der Waals surface area contributed by atoms with Gasteiger partial charge in [0.1, 0.15) is 5.69 Å². The number of aromatic nitrogens is 1. The molecular formula is C14H17ClN4O. The minimum absolute atomic E-state index is 0. The maximum Gasteiger partial charge on any atom is 0.276 e. The van der Waals surface area contributed by atoms with Crippen LogP contribution in [0.4, 0.5) is 0 Å². The van der Waals surface area contributed by atoms with Gasteiger partial charge in [-0.15, -0.1) is 12.4 Å². The first-order chi connectivity index (χ1) is 8.91. The fraction of sp³-hybridized carbons (Fsp3) is 0.143. The van der Waals surface area contributed by atoms with Crippen molar-refractivity contribution in [3.8, 4) is 0 Å². The number of rotatable bonds is 2. The van der Waals surface area contributed by atoms with Crippen LogP contribution in [-0.4, -0.2) is 28.8 Å². The highest BCUT2D eigenvalue weighted by atomic mass is 35.5. The van der Waals surface area contributed by atoms with Crippen LogP contribution in [0.25, 0.3) is 16.5 Å². The van der Waals surface area contributed by atoms with E-state index in [9.17, 15) is 4.79 Å². The highest BCUT2D eigenvalue weighted by molar-refractivity contribution is 6.06. The average Bonchev–Trinajstić information content (AvgIpc) is 2.79. The van der Waals surface area contributed by atoms with Crippen LogP contribution in [0.1, 0.15) is 23.0 Å². The van der Waals surface area contributed by atoms with Crippen molar-refractivity contribution >= 4 is 40.7 Å². The Labute approximate surface area is 123 Å². The van der Waals surface area contributed by atoms with E-state index >= 15 is 0 Å². The quantitative estimate of drug-likeness (QED) is 0.587. The van der Waals surface area contributed by atoms with Crippen LogP contribution < -0.4 is 5.73 Å². The van der Waals surface area contributed by atoms with Crippen LogP contribution in [0.2, 0.25) is 0 Å². The lowest BCUT2D eigenvalue weighted by Gasteiger charge is -2.12. The van der Waals surface area contributed by atoms with E-state index < -0.39 is 0 Å². The number of aromatic amines is 1. The van der Waals surface area contributed by atoms with Crippen LogP contribution in [0.15, 0.2) is 30.8 Å². The molecule has 0 spiro atoms. The van der Waals surface area contributed by atoms with Crippen LogP contribution in [0.3, 0.4) is 0 Å². The first-order valence-corrected chi connectivity index (χ1v) is 5.81. The van der Waals surface area contributed by atoms with E-state index in [2.05, 4.69) is 11.6 Å². The standard InChI is InChI=1S/C14H16N4O.ClH/c1-8(2)9-5-4-6-11-10(9)7-12(17-11)13(19)18(3)14(15)16;/h4-7,17H,1H2,2-3H3,(H3,15,16);1H. The summed E-state index contributed by atoms with van der Waals surface area (Å²) in [7, 11) is 1.47. The number of H-pyrrole nitrogens is 1. The second-order valence-corrected chi connectivity index (χ2v) is 4.48. The predicted octanol–water partition coefficient (Wildman–Crippen LogP) is 2.59. The summed E-state index contributed by atoms with van der Waals surface area (Å²) in [5.74, 6) is -0.625. The van der Waals surface area contributed by atoms with E-state index in [0.29, 0.717) is 5.69 Å². The van der Waals surface area contributed by atoms with Crippen molar-refractivity contribution < 1.29 is 4.79 Å². The Balaban J connectivity index is 0.00000200. The maximum absolute atomic E-state index is 12.1. The van der Waals surface area contributed by atoms with Gasteiger partial charge in [0.05, 0.1) is 0 Å². The Hall–Kier alpha value is -2.27. The second kappa shape index (κ2) is 5.79. The van der Waals surface area contributed by atoms with Gasteiger partial charge in [0.15, 0.2) is 5.96 Å². The Kier molecular flexibility index (Phi) is 4.57. The average molecular weight is 293 g/mol. The topological polar surface area (TPSA) is 86.0 Å². The molecule has 0 fully saturated rings. The maximum atomic E-state index is 12.1. The second-order valence-electron chi connectivity index (χ2n) is 4.48. The van der Waals surface area contributed by atoms with Gasteiger partial charge in [-0.1, -0.05) is 24.3 Å². The summed E-state index contributed by atoms with van der Waals surface area (Å²) in [6.45, 7) is 5.85. The summed E-state index contributed by atoms with van der Waals surface area (Å²) in [6, 6.07) is 7.53. The van der Waals surface area contributed by atoms with Crippen LogP contribution in [0.5, 0.6) is 0 Å². The first kappa shape index (κ1) is 15.8. The predicted molar refractivity (Wildman–Crippen MR) is 84.3 cm³/mol. The van der Waals surface area contributed by atoms with Crippen molar-refractivity contribution in [3.63, 3.8) is 0 Å². The van der Waals surface area contributed by atoms with Gasteiger partial charge in [-0.2, -0.15) is 0 Å². The monoisotopic (exact) mass is 292 g/mol. The summed E-state index contributed by atoms with van der Waals surface area (Å²) in [6.07, 6.45) is 0. The van der Waals surface area contributed by atoms with Gasteiger partial charge in [-0.3, -0.25) is 15.1 Å². The third-order valence-electron chi connectivity index (χ3n) is 3.02. The van der Waals surface area contributed by atoms with Gasteiger partial charge in [0, 0.05) is 18.0 Å². The fourth-order valence-corrected chi connectivity index (χ4v) is 1.93. The van der Waals surface area contributed by atoms with E-state index in [4.69, 9.17) is 11.1 Å². The normalized spacial score (nSPS) is 9.90. The zero-order chi connectivity index (χ0) is 14.2. The molecule has 0 aliphatic carbocycles. The highest BCUT2D eigenvalue weighted by Crippen LogP contribution is 2.25. The van der Waals surface area contributed by atoms with Crippen LogP contribution >= 0.6 is 12.4 Å². The van der Waals surface area contributed by atoms with Crippen molar-refractivity contribution in [1.82, 2.24) is 9.88 Å². The van der Waals surface area contributed by atoms with E-state index in [1.165, 1.54) is 7.05 Å². The molecule has 1 amide bonds. The number of benzene rings is 1. The summed E-state index contributed by atoms with van der Waals surface area (Å²) in [5, 5.41) is 8.22. The number of amides is 1. The molecule has 0 aliphatic heterocycles. The lowest BCUT2D eigenvalue weighted by molar-refractivity contribution is 0.0864.